The molecule has 0 N–H and O–H groups in total. The number of rotatable bonds is 4. The first kappa shape index (κ1) is 23.1. The summed E-state index contributed by atoms with van der Waals surface area (Å²) in [6, 6.07) is 5.74. The van der Waals surface area contributed by atoms with E-state index in [-0.39, 0.29) is 35.2 Å². The first-order valence-electron chi connectivity index (χ1n) is 10.8. The second-order valence-corrected chi connectivity index (χ2v) is 15.6. The van der Waals surface area contributed by atoms with Gasteiger partial charge in [-0.15, -0.1) is 0 Å². The fourth-order valence-electron chi connectivity index (χ4n) is 4.50. The number of halogens is 1. The van der Waals surface area contributed by atoms with Crippen molar-refractivity contribution < 1.29 is 9.22 Å². The first-order valence-corrected chi connectivity index (χ1v) is 14.1. The standard InChI is InChI=1S/C23H34ClN3O2Si/c1-14(2)20-21-18(29-30(7,8)23(4,5)6)11-12-26(21)22(28)27(20)17-10-9-16(13-25)19(24)15(17)3/h9-10,14,18,20-21H,11-12H2,1-8H3. The van der Waals surface area contributed by atoms with Crippen LogP contribution >= 0.6 is 11.6 Å². The van der Waals surface area contributed by atoms with Gasteiger partial charge in [0.05, 0.1) is 34.5 Å². The molecular formula is C23H34ClN3O2Si. The Kier molecular flexibility index (Phi) is 6.05. The van der Waals surface area contributed by atoms with Crippen LogP contribution in [0.1, 0.15) is 52.2 Å². The number of hydrogen-bond acceptors (Lipinski definition) is 3. The van der Waals surface area contributed by atoms with Gasteiger partial charge in [0.2, 0.25) is 0 Å². The number of anilines is 1. The van der Waals surface area contributed by atoms with Crippen LogP contribution in [0.4, 0.5) is 10.5 Å². The second-order valence-electron chi connectivity index (χ2n) is 10.5. The smallest absolute Gasteiger partial charge is 0.325 e. The third-order valence-electron chi connectivity index (χ3n) is 7.17. The number of hydrogen-bond donors (Lipinski definition) is 0. The summed E-state index contributed by atoms with van der Waals surface area (Å²) < 4.78 is 6.83. The lowest BCUT2D eigenvalue weighted by molar-refractivity contribution is 0.129. The maximum atomic E-state index is 13.5. The highest BCUT2D eigenvalue weighted by Crippen LogP contribution is 2.45. The zero-order valence-electron chi connectivity index (χ0n) is 19.4. The van der Waals surface area contributed by atoms with Crippen molar-refractivity contribution in [3.63, 3.8) is 0 Å². The molecule has 2 heterocycles. The van der Waals surface area contributed by atoms with Crippen molar-refractivity contribution in [2.75, 3.05) is 11.4 Å². The minimum absolute atomic E-state index is 0.00234. The van der Waals surface area contributed by atoms with E-state index in [0.29, 0.717) is 17.1 Å². The van der Waals surface area contributed by atoms with E-state index in [4.69, 9.17) is 16.0 Å². The molecule has 0 radical (unpaired) electrons. The molecular weight excluding hydrogens is 414 g/mol. The Labute approximate surface area is 187 Å². The van der Waals surface area contributed by atoms with Gasteiger partial charge >= 0.3 is 6.03 Å². The SMILES string of the molecule is Cc1c(N2C(=O)N3CCC(O[Si](C)(C)C(C)(C)C)C3C2C(C)C)ccc(C#N)c1Cl. The Balaban J connectivity index is 2.01. The number of urea groups is 1. The lowest BCUT2D eigenvalue weighted by atomic mass is 9.92. The number of carbonyl (C=O) groups excluding carboxylic acids is 1. The highest BCUT2D eigenvalue weighted by atomic mass is 35.5. The maximum Gasteiger partial charge on any atom is 0.325 e. The van der Waals surface area contributed by atoms with E-state index >= 15 is 0 Å². The van der Waals surface area contributed by atoms with Crippen LogP contribution < -0.4 is 4.90 Å². The van der Waals surface area contributed by atoms with Crippen molar-refractivity contribution in [3.8, 4) is 6.07 Å². The van der Waals surface area contributed by atoms with Gasteiger partial charge in [-0.1, -0.05) is 46.2 Å². The number of nitrogens with zero attached hydrogens (tertiary/aromatic N) is 3. The van der Waals surface area contributed by atoms with Gasteiger partial charge in [0.15, 0.2) is 8.32 Å². The monoisotopic (exact) mass is 447 g/mol. The van der Waals surface area contributed by atoms with Crippen LogP contribution in [-0.2, 0) is 4.43 Å². The van der Waals surface area contributed by atoms with Gasteiger partial charge in [0.1, 0.15) is 6.07 Å². The Morgan fingerprint density at radius 1 is 1.30 bits per heavy atom. The fraction of sp³-hybridized carbons (Fsp3) is 0.652. The van der Waals surface area contributed by atoms with Crippen molar-refractivity contribution in [2.45, 2.75) is 84.3 Å². The van der Waals surface area contributed by atoms with E-state index < -0.39 is 8.32 Å². The number of carbonyl (C=O) groups is 1. The summed E-state index contributed by atoms with van der Waals surface area (Å²) in [6.07, 6.45) is 0.925. The molecule has 3 rings (SSSR count). The van der Waals surface area contributed by atoms with Crippen LogP contribution in [-0.4, -0.2) is 44.0 Å². The van der Waals surface area contributed by atoms with E-state index in [9.17, 15) is 10.1 Å². The Morgan fingerprint density at radius 2 is 1.93 bits per heavy atom. The molecule has 1 aromatic rings. The van der Waals surface area contributed by atoms with Crippen molar-refractivity contribution in [1.29, 1.82) is 5.26 Å². The molecule has 2 aliphatic rings. The van der Waals surface area contributed by atoms with Crippen LogP contribution in [0.3, 0.4) is 0 Å². The largest absolute Gasteiger partial charge is 0.412 e. The second kappa shape index (κ2) is 7.85. The van der Waals surface area contributed by atoms with Crippen LogP contribution in [0.2, 0.25) is 23.2 Å². The minimum Gasteiger partial charge on any atom is -0.412 e. The van der Waals surface area contributed by atoms with Gasteiger partial charge in [0.25, 0.3) is 0 Å². The molecule has 0 bridgehead atoms. The summed E-state index contributed by atoms with van der Waals surface area (Å²) in [6.45, 7) is 18.2. The average molecular weight is 448 g/mol. The first-order chi connectivity index (χ1) is 13.8. The van der Waals surface area contributed by atoms with E-state index in [1.54, 1.807) is 6.07 Å². The summed E-state index contributed by atoms with van der Waals surface area (Å²) in [5.74, 6) is 0.251. The molecule has 0 spiro atoms. The summed E-state index contributed by atoms with van der Waals surface area (Å²) in [4.78, 5) is 17.4. The third kappa shape index (κ3) is 3.66. The van der Waals surface area contributed by atoms with Crippen molar-refractivity contribution in [2.24, 2.45) is 5.92 Å². The van der Waals surface area contributed by atoms with Gasteiger partial charge in [-0.3, -0.25) is 4.90 Å². The van der Waals surface area contributed by atoms with E-state index in [1.165, 1.54) is 0 Å². The predicted molar refractivity (Wildman–Crippen MR) is 125 cm³/mol. The normalized spacial score (nSPS) is 24.6. The Morgan fingerprint density at radius 3 is 2.47 bits per heavy atom. The van der Waals surface area contributed by atoms with E-state index in [2.05, 4.69) is 53.8 Å². The van der Waals surface area contributed by atoms with Crippen molar-refractivity contribution in [3.05, 3.63) is 28.3 Å². The van der Waals surface area contributed by atoms with Crippen LogP contribution in [0.5, 0.6) is 0 Å². The molecule has 3 atom stereocenters. The molecule has 0 aromatic heterocycles. The predicted octanol–water partition coefficient (Wildman–Crippen LogP) is 5.95. The van der Waals surface area contributed by atoms with Crippen LogP contribution in [0.25, 0.3) is 0 Å². The summed E-state index contributed by atoms with van der Waals surface area (Å²) >= 11 is 6.45. The van der Waals surface area contributed by atoms with Gasteiger partial charge in [0, 0.05) is 6.54 Å². The number of amides is 2. The minimum atomic E-state index is -1.96. The molecule has 30 heavy (non-hydrogen) atoms. The molecule has 3 unspecified atom stereocenters. The van der Waals surface area contributed by atoms with Gasteiger partial charge in [-0.2, -0.15) is 5.26 Å². The molecule has 0 aliphatic carbocycles. The van der Waals surface area contributed by atoms with Crippen molar-refractivity contribution in [1.82, 2.24) is 4.90 Å². The molecule has 2 amide bonds. The summed E-state index contributed by atoms with van der Waals surface area (Å²) in [7, 11) is -1.96. The summed E-state index contributed by atoms with van der Waals surface area (Å²) in [5.41, 5.74) is 2.01. The molecule has 0 saturated carbocycles. The maximum absolute atomic E-state index is 13.5. The van der Waals surface area contributed by atoms with Crippen LogP contribution in [0, 0.1) is 24.2 Å². The quantitative estimate of drug-likeness (QED) is 0.536. The van der Waals surface area contributed by atoms with Gasteiger partial charge in [-0.25, -0.2) is 4.79 Å². The number of fused-ring (bicyclic) bond motifs is 1. The Bertz CT molecular complexity index is 888. The highest BCUT2D eigenvalue weighted by Gasteiger charge is 2.56. The lowest BCUT2D eigenvalue weighted by Crippen LogP contribution is -2.51. The zero-order valence-corrected chi connectivity index (χ0v) is 21.2. The number of nitriles is 1. The van der Waals surface area contributed by atoms with Crippen LogP contribution in [0.15, 0.2) is 12.1 Å². The van der Waals surface area contributed by atoms with Crippen molar-refractivity contribution >= 4 is 31.6 Å². The third-order valence-corrected chi connectivity index (χ3v) is 12.2. The molecule has 2 fully saturated rings. The average Bonchev–Trinajstić information content (AvgIpc) is 3.15. The molecule has 5 nitrogen and oxygen atoms in total. The van der Waals surface area contributed by atoms with E-state index in [0.717, 1.165) is 17.7 Å². The highest BCUT2D eigenvalue weighted by molar-refractivity contribution is 6.74. The zero-order chi connectivity index (χ0) is 22.6. The Hall–Kier alpha value is -1.55. The molecule has 2 aliphatic heterocycles. The summed E-state index contributed by atoms with van der Waals surface area (Å²) in [5, 5.41) is 9.84. The fourth-order valence-corrected chi connectivity index (χ4v) is 6.06. The molecule has 7 heteroatoms. The molecule has 1 aromatic carbocycles. The van der Waals surface area contributed by atoms with Gasteiger partial charge in [-0.05, 0) is 55.1 Å². The molecule has 2 saturated heterocycles. The van der Waals surface area contributed by atoms with Gasteiger partial charge < -0.3 is 9.33 Å². The van der Waals surface area contributed by atoms with E-state index in [1.807, 2.05) is 22.8 Å². The topological polar surface area (TPSA) is 56.6 Å². The number of benzene rings is 1. The lowest BCUT2D eigenvalue weighted by Gasteiger charge is -2.41. The molecule has 164 valence electrons.